The molecule has 1 atom stereocenters. The predicted octanol–water partition coefficient (Wildman–Crippen LogP) is 13.0. The van der Waals surface area contributed by atoms with Gasteiger partial charge in [0.25, 0.3) is 0 Å². The van der Waals surface area contributed by atoms with Crippen molar-refractivity contribution in [3.63, 3.8) is 0 Å². The van der Waals surface area contributed by atoms with Crippen molar-refractivity contribution in [3.8, 4) is 62.1 Å². The van der Waals surface area contributed by atoms with Crippen molar-refractivity contribution >= 4 is 21.8 Å². The summed E-state index contributed by atoms with van der Waals surface area (Å²) in [5, 5.41) is 2.55. The molecule has 4 nitrogen and oxygen atoms in total. The summed E-state index contributed by atoms with van der Waals surface area (Å²) >= 11 is 0. The molecule has 2 aliphatic carbocycles. The van der Waals surface area contributed by atoms with Gasteiger partial charge in [-0.3, -0.25) is 0 Å². The van der Waals surface area contributed by atoms with E-state index in [0.29, 0.717) is 17.5 Å². The number of fused-ring (bicyclic) bond motifs is 15. The van der Waals surface area contributed by atoms with Crippen molar-refractivity contribution < 1.29 is 0 Å². The normalized spacial score (nSPS) is 16.2. The maximum absolute atomic E-state index is 5.30. The minimum absolute atomic E-state index is 0.139. The Morgan fingerprint density at radius 2 is 0.932 bits per heavy atom. The number of hydrogen-bond acceptors (Lipinski definition) is 3. The Morgan fingerprint density at radius 3 is 1.75 bits per heavy atom. The average molecular weight is 753 g/mol. The fourth-order valence-corrected chi connectivity index (χ4v) is 10.9. The Hall–Kier alpha value is -7.43. The largest absolute Gasteiger partial charge is 0.309 e. The Labute approximate surface area is 342 Å². The second-order valence-electron chi connectivity index (χ2n) is 16.7. The summed E-state index contributed by atoms with van der Waals surface area (Å²) in [6.07, 6.45) is 0. The van der Waals surface area contributed by atoms with Gasteiger partial charge in [-0.25, -0.2) is 15.0 Å². The quantitative estimate of drug-likeness (QED) is 0.180. The number of para-hydroxylation sites is 3. The van der Waals surface area contributed by atoms with E-state index < -0.39 is 5.41 Å². The molecule has 0 amide bonds. The Balaban J connectivity index is 1.04. The summed E-state index contributed by atoms with van der Waals surface area (Å²) in [6.45, 7) is 4.63. The molecular weight excluding hydrogens is 717 g/mol. The van der Waals surface area contributed by atoms with Gasteiger partial charge in [-0.15, -0.1) is 0 Å². The van der Waals surface area contributed by atoms with Crippen LogP contribution < -0.4 is 0 Å². The highest BCUT2D eigenvalue weighted by molar-refractivity contribution is 6.12. The molecule has 0 N–H and O–H groups in total. The van der Waals surface area contributed by atoms with E-state index in [4.69, 9.17) is 15.0 Å². The molecule has 4 heteroatoms. The average Bonchev–Trinajstić information content (AvgIpc) is 3.87. The lowest BCUT2D eigenvalue weighted by Gasteiger charge is -2.39. The fourth-order valence-electron chi connectivity index (χ4n) is 10.9. The van der Waals surface area contributed by atoms with Crippen LogP contribution in [-0.4, -0.2) is 19.5 Å². The second-order valence-corrected chi connectivity index (χ2v) is 16.7. The first kappa shape index (κ1) is 32.6. The molecule has 276 valence electrons. The number of rotatable bonds is 3. The molecule has 0 bridgehead atoms. The van der Waals surface area contributed by atoms with Crippen molar-refractivity contribution in [1.29, 1.82) is 0 Å². The molecule has 1 unspecified atom stereocenters. The second kappa shape index (κ2) is 11.6. The number of benzene rings is 8. The summed E-state index contributed by atoms with van der Waals surface area (Å²) in [5.41, 5.74) is 18.8. The summed E-state index contributed by atoms with van der Waals surface area (Å²) in [6, 6.07) is 66.4. The Bertz CT molecular complexity index is 3430. The first-order valence-corrected chi connectivity index (χ1v) is 20.5. The van der Waals surface area contributed by atoms with Gasteiger partial charge in [-0.1, -0.05) is 172 Å². The highest BCUT2D eigenvalue weighted by Crippen LogP contribution is 2.61. The summed E-state index contributed by atoms with van der Waals surface area (Å²) in [7, 11) is 0. The van der Waals surface area contributed by atoms with Crippen LogP contribution >= 0.6 is 0 Å². The lowest BCUT2D eigenvalue weighted by Crippen LogP contribution is -2.33. The highest BCUT2D eigenvalue weighted by Gasteiger charge is 2.50. The van der Waals surface area contributed by atoms with Crippen LogP contribution in [0.5, 0.6) is 0 Å². The number of hydrogen-bond donors (Lipinski definition) is 0. The minimum atomic E-state index is -0.515. The van der Waals surface area contributed by atoms with Crippen LogP contribution in [-0.2, 0) is 10.8 Å². The van der Waals surface area contributed by atoms with Gasteiger partial charge in [0.15, 0.2) is 17.5 Å². The zero-order chi connectivity index (χ0) is 39.0. The van der Waals surface area contributed by atoms with Gasteiger partial charge < -0.3 is 4.57 Å². The molecule has 59 heavy (non-hydrogen) atoms. The van der Waals surface area contributed by atoms with Crippen molar-refractivity contribution in [2.75, 3.05) is 0 Å². The molecule has 1 spiro atoms. The van der Waals surface area contributed by atoms with E-state index >= 15 is 0 Å². The van der Waals surface area contributed by atoms with E-state index in [1.807, 2.05) is 18.2 Å². The monoisotopic (exact) mass is 752 g/mol. The summed E-state index contributed by atoms with van der Waals surface area (Å²) < 4.78 is 2.49. The van der Waals surface area contributed by atoms with Crippen LogP contribution in [0, 0.1) is 0 Å². The third-order valence-electron chi connectivity index (χ3n) is 13.5. The van der Waals surface area contributed by atoms with Gasteiger partial charge in [-0.2, -0.15) is 0 Å². The van der Waals surface area contributed by atoms with E-state index in [0.717, 1.165) is 16.7 Å². The molecule has 3 aliphatic rings. The number of nitrogens with zero attached hydrogens (tertiary/aromatic N) is 4. The third-order valence-corrected chi connectivity index (χ3v) is 13.5. The van der Waals surface area contributed by atoms with Gasteiger partial charge >= 0.3 is 0 Å². The van der Waals surface area contributed by atoms with Crippen LogP contribution in [0.2, 0.25) is 0 Å². The Kier molecular flexibility index (Phi) is 6.41. The molecule has 0 fully saturated rings. The molecule has 13 rings (SSSR count). The predicted molar refractivity (Wildman–Crippen MR) is 239 cm³/mol. The zero-order valence-electron chi connectivity index (χ0n) is 32.6. The van der Waals surface area contributed by atoms with Crippen LogP contribution in [0.1, 0.15) is 47.2 Å². The van der Waals surface area contributed by atoms with Gasteiger partial charge in [0.1, 0.15) is 0 Å². The first-order valence-electron chi connectivity index (χ1n) is 20.5. The molecular formula is C55H36N4. The number of aromatic nitrogens is 4. The van der Waals surface area contributed by atoms with E-state index in [9.17, 15) is 0 Å². The summed E-state index contributed by atoms with van der Waals surface area (Å²) in [5.74, 6) is 1.98. The van der Waals surface area contributed by atoms with Crippen LogP contribution in [0.4, 0.5) is 0 Å². The van der Waals surface area contributed by atoms with Crippen LogP contribution in [0.3, 0.4) is 0 Å². The molecule has 2 aromatic heterocycles. The van der Waals surface area contributed by atoms with Crippen LogP contribution in [0.25, 0.3) is 83.9 Å². The molecule has 0 saturated heterocycles. The van der Waals surface area contributed by atoms with Crippen molar-refractivity contribution in [2.45, 2.75) is 24.7 Å². The van der Waals surface area contributed by atoms with E-state index in [1.54, 1.807) is 0 Å². The zero-order valence-corrected chi connectivity index (χ0v) is 32.6. The topological polar surface area (TPSA) is 43.6 Å². The molecule has 8 aromatic carbocycles. The van der Waals surface area contributed by atoms with Gasteiger partial charge in [0.2, 0.25) is 0 Å². The van der Waals surface area contributed by atoms with E-state index in [-0.39, 0.29) is 5.41 Å². The standard InChI is InChI=1S/C55H36N4/c1-54(2)42-21-9-6-17-36(42)38-29-27-35(32-47(38)54)53-57-51(33-15-4-3-5-16-33)56-52(58-53)34-28-30-44-41(31-34)37-18-7-10-22-43(37)55(44)45-23-11-13-26-49(45)59-48-25-12-8-19-39(48)40-20-14-24-46(55)50(40)59/h3-32H,1-2H3. The lowest BCUT2D eigenvalue weighted by atomic mass is 9.65. The van der Waals surface area contributed by atoms with E-state index in [1.165, 1.54) is 83.1 Å². The Morgan fingerprint density at radius 1 is 0.373 bits per heavy atom. The SMILES string of the molecule is CC1(C)c2ccccc2-c2ccc(-c3nc(-c4ccccc4)nc(-c4ccc5c(c4)-c4ccccc4C54c5ccccc5-n5c6ccccc6c6cccc4c65)n3)cc21. The van der Waals surface area contributed by atoms with Gasteiger partial charge in [0.05, 0.1) is 22.1 Å². The van der Waals surface area contributed by atoms with Crippen molar-refractivity contribution in [1.82, 2.24) is 19.5 Å². The first-order chi connectivity index (χ1) is 29.0. The molecule has 0 saturated carbocycles. The summed E-state index contributed by atoms with van der Waals surface area (Å²) in [4.78, 5) is 15.7. The van der Waals surface area contributed by atoms with Crippen molar-refractivity contribution in [3.05, 3.63) is 215 Å². The lowest BCUT2D eigenvalue weighted by molar-refractivity contribution is 0.660. The maximum atomic E-state index is 5.30. The van der Waals surface area contributed by atoms with Gasteiger partial charge in [0, 0.05) is 32.9 Å². The molecule has 10 aromatic rings. The molecule has 1 aliphatic heterocycles. The molecule has 0 radical (unpaired) electrons. The third kappa shape index (κ3) is 4.20. The minimum Gasteiger partial charge on any atom is -0.309 e. The maximum Gasteiger partial charge on any atom is 0.164 e. The van der Waals surface area contributed by atoms with Crippen LogP contribution in [0.15, 0.2) is 182 Å². The van der Waals surface area contributed by atoms with Gasteiger partial charge in [-0.05, 0) is 79.9 Å². The fraction of sp³-hybridized carbons (Fsp3) is 0.0727. The molecule has 3 heterocycles. The van der Waals surface area contributed by atoms with E-state index in [2.05, 4.69) is 182 Å². The van der Waals surface area contributed by atoms with Crippen molar-refractivity contribution in [2.24, 2.45) is 0 Å². The smallest absolute Gasteiger partial charge is 0.164 e. The highest BCUT2D eigenvalue weighted by atomic mass is 15.0.